The van der Waals surface area contributed by atoms with E-state index in [-0.39, 0.29) is 11.3 Å². The minimum Gasteiger partial charge on any atom is -0.497 e. The summed E-state index contributed by atoms with van der Waals surface area (Å²) in [4.78, 5) is 0. The number of nitriles is 3. The zero-order valence-electron chi connectivity index (χ0n) is 10.3. The molecule has 5 nitrogen and oxygen atoms in total. The Hall–Kier alpha value is -3.23. The Balaban J connectivity index is 3.24. The summed E-state index contributed by atoms with van der Waals surface area (Å²) in [7, 11) is 1.54. The van der Waals surface area contributed by atoms with Crippen LogP contribution in [0.1, 0.15) is 5.56 Å². The second-order valence-corrected chi connectivity index (χ2v) is 3.37. The van der Waals surface area contributed by atoms with Gasteiger partial charge in [-0.1, -0.05) is 12.7 Å². The number of methoxy groups -OCH3 is 1. The molecule has 0 radical (unpaired) electrons. The molecule has 0 spiro atoms. The van der Waals surface area contributed by atoms with Crippen LogP contribution >= 0.6 is 0 Å². The lowest BCUT2D eigenvalue weighted by Crippen LogP contribution is -2.02. The molecule has 0 unspecified atom stereocenters. The number of rotatable bonds is 4. The highest BCUT2D eigenvalue weighted by atomic mass is 16.5. The number of benzene rings is 1. The van der Waals surface area contributed by atoms with E-state index in [1.165, 1.54) is 0 Å². The van der Waals surface area contributed by atoms with Crippen LogP contribution in [0.5, 0.6) is 5.75 Å². The number of hydrogen-bond donors (Lipinski definition) is 1. The van der Waals surface area contributed by atoms with Crippen molar-refractivity contribution < 1.29 is 4.74 Å². The van der Waals surface area contributed by atoms with Gasteiger partial charge in [0.2, 0.25) is 0 Å². The monoisotopic (exact) mass is 250 g/mol. The van der Waals surface area contributed by atoms with Crippen LogP contribution in [-0.2, 0) is 0 Å². The van der Waals surface area contributed by atoms with Gasteiger partial charge in [-0.05, 0) is 18.2 Å². The largest absolute Gasteiger partial charge is 0.497 e. The third-order valence-corrected chi connectivity index (χ3v) is 2.32. The molecular formula is C14H10N4O. The lowest BCUT2D eigenvalue weighted by atomic mass is 10.1. The average Bonchev–Trinajstić information content (AvgIpc) is 2.47. The number of ether oxygens (including phenoxy) is 1. The molecule has 0 aliphatic carbocycles. The van der Waals surface area contributed by atoms with Crippen LogP contribution in [0.4, 0.5) is 5.69 Å². The second kappa shape index (κ2) is 6.49. The Kier molecular flexibility index (Phi) is 4.73. The van der Waals surface area contributed by atoms with E-state index in [4.69, 9.17) is 20.5 Å². The first-order valence-corrected chi connectivity index (χ1v) is 5.22. The molecule has 0 aliphatic rings. The van der Waals surface area contributed by atoms with Crippen molar-refractivity contribution in [2.45, 2.75) is 0 Å². The van der Waals surface area contributed by atoms with E-state index in [9.17, 15) is 0 Å². The first-order chi connectivity index (χ1) is 9.19. The standard InChI is InChI=1S/C14H10N4O/c1-3-10-6-12(19-2)4-5-13(10)18-14(9-17)11(7-15)8-16/h3-6,18H,1H2,2H3. The Morgan fingerprint density at radius 2 is 1.95 bits per heavy atom. The zero-order valence-corrected chi connectivity index (χ0v) is 10.3. The van der Waals surface area contributed by atoms with E-state index in [1.807, 2.05) is 0 Å². The van der Waals surface area contributed by atoms with E-state index in [1.54, 1.807) is 49.6 Å². The molecule has 1 aromatic rings. The molecule has 0 aromatic heterocycles. The fourth-order valence-electron chi connectivity index (χ4n) is 1.37. The number of hydrogen-bond acceptors (Lipinski definition) is 5. The van der Waals surface area contributed by atoms with E-state index in [0.29, 0.717) is 17.0 Å². The van der Waals surface area contributed by atoms with E-state index in [2.05, 4.69) is 11.9 Å². The summed E-state index contributed by atoms with van der Waals surface area (Å²) in [6.07, 6.45) is 1.58. The van der Waals surface area contributed by atoms with Gasteiger partial charge in [-0.25, -0.2) is 0 Å². The summed E-state index contributed by atoms with van der Waals surface area (Å²) in [5.41, 5.74) is 0.893. The SMILES string of the molecule is C=Cc1cc(OC)ccc1NC(C#N)=C(C#N)C#N. The van der Waals surface area contributed by atoms with Crippen molar-refractivity contribution in [2.24, 2.45) is 0 Å². The van der Waals surface area contributed by atoms with Gasteiger partial charge in [0.15, 0.2) is 5.57 Å². The minimum atomic E-state index is -0.270. The molecule has 1 rings (SSSR count). The molecule has 0 saturated carbocycles. The minimum absolute atomic E-state index is 0.0988. The molecule has 5 heteroatoms. The van der Waals surface area contributed by atoms with Crippen LogP contribution in [0.2, 0.25) is 0 Å². The summed E-state index contributed by atoms with van der Waals surface area (Å²) < 4.78 is 5.08. The Morgan fingerprint density at radius 3 is 2.42 bits per heavy atom. The molecule has 0 heterocycles. The van der Waals surface area contributed by atoms with Crippen LogP contribution in [0.3, 0.4) is 0 Å². The molecule has 0 bridgehead atoms. The van der Waals surface area contributed by atoms with Gasteiger partial charge in [0.05, 0.1) is 7.11 Å². The molecule has 0 atom stereocenters. The van der Waals surface area contributed by atoms with Crippen molar-refractivity contribution in [1.29, 1.82) is 15.8 Å². The number of allylic oxidation sites excluding steroid dienone is 2. The zero-order chi connectivity index (χ0) is 14.3. The molecule has 1 aromatic carbocycles. The summed E-state index contributed by atoms with van der Waals surface area (Å²) in [6, 6.07) is 10.2. The maximum Gasteiger partial charge on any atom is 0.163 e. The third kappa shape index (κ3) is 3.12. The van der Waals surface area contributed by atoms with Crippen molar-refractivity contribution >= 4 is 11.8 Å². The molecule has 0 aliphatic heterocycles. The molecular weight excluding hydrogens is 240 g/mol. The Morgan fingerprint density at radius 1 is 1.26 bits per heavy atom. The highest BCUT2D eigenvalue weighted by Crippen LogP contribution is 2.24. The highest BCUT2D eigenvalue weighted by molar-refractivity contribution is 5.71. The molecule has 0 amide bonds. The van der Waals surface area contributed by atoms with Crippen LogP contribution in [-0.4, -0.2) is 7.11 Å². The van der Waals surface area contributed by atoms with Crippen LogP contribution < -0.4 is 10.1 Å². The maximum absolute atomic E-state index is 8.96. The van der Waals surface area contributed by atoms with E-state index >= 15 is 0 Å². The van der Waals surface area contributed by atoms with Crippen molar-refractivity contribution in [3.8, 4) is 24.0 Å². The van der Waals surface area contributed by atoms with Crippen molar-refractivity contribution in [3.63, 3.8) is 0 Å². The second-order valence-electron chi connectivity index (χ2n) is 3.37. The first-order valence-electron chi connectivity index (χ1n) is 5.22. The van der Waals surface area contributed by atoms with Gasteiger partial charge in [0.25, 0.3) is 0 Å². The summed E-state index contributed by atoms with van der Waals surface area (Å²) in [5.74, 6) is 0.642. The van der Waals surface area contributed by atoms with Gasteiger partial charge in [-0.15, -0.1) is 0 Å². The predicted molar refractivity (Wildman–Crippen MR) is 70.6 cm³/mol. The van der Waals surface area contributed by atoms with Crippen molar-refractivity contribution in [3.05, 3.63) is 41.6 Å². The Bertz CT molecular complexity index is 637. The lowest BCUT2D eigenvalue weighted by molar-refractivity contribution is 0.415. The summed E-state index contributed by atoms with van der Waals surface area (Å²) in [5, 5.41) is 29.2. The fraction of sp³-hybridized carbons (Fsp3) is 0.0714. The summed E-state index contributed by atoms with van der Waals surface area (Å²) in [6.45, 7) is 3.66. The van der Waals surface area contributed by atoms with Crippen LogP contribution in [0, 0.1) is 34.0 Å². The van der Waals surface area contributed by atoms with Gasteiger partial charge >= 0.3 is 0 Å². The lowest BCUT2D eigenvalue weighted by Gasteiger charge is -2.10. The number of anilines is 1. The van der Waals surface area contributed by atoms with Gasteiger partial charge in [0.1, 0.15) is 29.7 Å². The molecule has 19 heavy (non-hydrogen) atoms. The quantitative estimate of drug-likeness (QED) is 0.829. The highest BCUT2D eigenvalue weighted by Gasteiger charge is 2.08. The smallest absolute Gasteiger partial charge is 0.163 e. The van der Waals surface area contributed by atoms with Gasteiger partial charge < -0.3 is 10.1 Å². The van der Waals surface area contributed by atoms with E-state index in [0.717, 1.165) is 0 Å². The molecule has 0 saturated heterocycles. The maximum atomic E-state index is 8.96. The summed E-state index contributed by atoms with van der Waals surface area (Å²) >= 11 is 0. The first kappa shape index (κ1) is 13.8. The third-order valence-electron chi connectivity index (χ3n) is 2.32. The Labute approximate surface area is 111 Å². The number of nitrogens with one attached hydrogen (secondary N) is 1. The normalized spacial score (nSPS) is 8.32. The average molecular weight is 250 g/mol. The topological polar surface area (TPSA) is 92.6 Å². The predicted octanol–water partition coefficient (Wildman–Crippen LogP) is 2.57. The molecule has 92 valence electrons. The van der Waals surface area contributed by atoms with Gasteiger partial charge in [-0.3, -0.25) is 0 Å². The van der Waals surface area contributed by atoms with Gasteiger partial charge in [-0.2, -0.15) is 15.8 Å². The van der Waals surface area contributed by atoms with Crippen LogP contribution in [0.15, 0.2) is 36.0 Å². The molecule has 1 N–H and O–H groups in total. The van der Waals surface area contributed by atoms with Crippen molar-refractivity contribution in [1.82, 2.24) is 0 Å². The van der Waals surface area contributed by atoms with Gasteiger partial charge in [0, 0.05) is 11.3 Å². The van der Waals surface area contributed by atoms with E-state index < -0.39 is 0 Å². The number of nitrogens with zero attached hydrogens (tertiary/aromatic N) is 3. The molecule has 0 fully saturated rings. The van der Waals surface area contributed by atoms with Crippen molar-refractivity contribution in [2.75, 3.05) is 12.4 Å². The fourth-order valence-corrected chi connectivity index (χ4v) is 1.37. The van der Waals surface area contributed by atoms with Crippen LogP contribution in [0.25, 0.3) is 6.08 Å².